The Morgan fingerprint density at radius 1 is 1.26 bits per heavy atom. The molecule has 27 heavy (non-hydrogen) atoms. The second-order valence-electron chi connectivity index (χ2n) is 6.39. The number of nitrogens with one attached hydrogen (secondary N) is 2. The van der Waals surface area contributed by atoms with E-state index in [-0.39, 0.29) is 12.1 Å². The Morgan fingerprint density at radius 2 is 1.96 bits per heavy atom. The number of carboxylic acid groups (broad SMARTS) is 1. The minimum atomic E-state index is -1.09. The first-order chi connectivity index (χ1) is 12.9. The quantitative estimate of drug-likeness (QED) is 0.615. The summed E-state index contributed by atoms with van der Waals surface area (Å²) >= 11 is 0. The summed E-state index contributed by atoms with van der Waals surface area (Å²) in [6, 6.07) is 9.73. The number of hydrogen-bond donors (Lipinski definition) is 3. The number of aryl methyl sites for hydroxylation is 2. The second kappa shape index (κ2) is 7.45. The van der Waals surface area contributed by atoms with E-state index in [4.69, 9.17) is 0 Å². The molecule has 0 fully saturated rings. The first-order valence-electron chi connectivity index (χ1n) is 8.50. The zero-order valence-corrected chi connectivity index (χ0v) is 15.4. The molecule has 0 saturated heterocycles. The number of hydrogen-bond acceptors (Lipinski definition) is 4. The van der Waals surface area contributed by atoms with Crippen molar-refractivity contribution < 1.29 is 14.7 Å². The Morgan fingerprint density at radius 3 is 2.56 bits per heavy atom. The van der Waals surface area contributed by atoms with Gasteiger partial charge >= 0.3 is 5.97 Å². The van der Waals surface area contributed by atoms with E-state index in [0.29, 0.717) is 5.69 Å². The van der Waals surface area contributed by atoms with Crippen LogP contribution < -0.4 is 5.32 Å². The lowest BCUT2D eigenvalue weighted by Crippen LogP contribution is -2.42. The normalized spacial score (nSPS) is 12.0. The van der Waals surface area contributed by atoms with E-state index < -0.39 is 17.9 Å². The molecule has 2 aromatic heterocycles. The van der Waals surface area contributed by atoms with Crippen LogP contribution in [-0.2, 0) is 18.3 Å². The zero-order valence-electron chi connectivity index (χ0n) is 15.4. The number of carboxylic acids is 1. The van der Waals surface area contributed by atoms with E-state index >= 15 is 0 Å². The van der Waals surface area contributed by atoms with E-state index in [2.05, 4.69) is 20.6 Å². The SMILES string of the molecule is Cc1nn(C)c(C)c1-c1cc(C(=O)N[C@H](Cc2ccccc2)C(=O)O)[nH]n1. The molecule has 8 nitrogen and oxygen atoms in total. The van der Waals surface area contributed by atoms with Gasteiger partial charge in [0, 0.05) is 24.7 Å². The predicted octanol–water partition coefficient (Wildman–Crippen LogP) is 1.85. The molecule has 0 radical (unpaired) electrons. The average Bonchev–Trinajstić information content (AvgIpc) is 3.20. The highest BCUT2D eigenvalue weighted by Gasteiger charge is 2.23. The van der Waals surface area contributed by atoms with Gasteiger partial charge in [-0.25, -0.2) is 4.79 Å². The molecule has 0 aliphatic rings. The number of rotatable bonds is 6. The van der Waals surface area contributed by atoms with Gasteiger partial charge in [0.1, 0.15) is 11.7 Å². The molecular weight excluding hydrogens is 346 g/mol. The van der Waals surface area contributed by atoms with E-state index in [1.807, 2.05) is 51.2 Å². The minimum Gasteiger partial charge on any atom is -0.480 e. The van der Waals surface area contributed by atoms with Gasteiger partial charge < -0.3 is 10.4 Å². The van der Waals surface area contributed by atoms with Crippen molar-refractivity contribution in [3.05, 3.63) is 59.0 Å². The summed E-state index contributed by atoms with van der Waals surface area (Å²) in [5.74, 6) is -1.61. The Kier molecular flexibility index (Phi) is 5.07. The topological polar surface area (TPSA) is 113 Å². The Labute approximate surface area is 156 Å². The Bertz CT molecular complexity index is 975. The van der Waals surface area contributed by atoms with E-state index in [1.165, 1.54) is 0 Å². The molecule has 0 saturated carbocycles. The van der Waals surface area contributed by atoms with Crippen LogP contribution in [0.3, 0.4) is 0 Å². The summed E-state index contributed by atoms with van der Waals surface area (Å²) in [6.45, 7) is 3.79. The molecule has 8 heteroatoms. The van der Waals surface area contributed by atoms with Crippen molar-refractivity contribution >= 4 is 11.9 Å². The molecule has 3 rings (SSSR count). The summed E-state index contributed by atoms with van der Waals surface area (Å²) in [5.41, 5.74) is 4.22. The largest absolute Gasteiger partial charge is 0.480 e. The average molecular weight is 367 g/mol. The second-order valence-corrected chi connectivity index (χ2v) is 6.39. The van der Waals surface area contributed by atoms with Crippen molar-refractivity contribution in [1.82, 2.24) is 25.3 Å². The standard InChI is InChI=1S/C19H21N5O3/c1-11-17(12(2)24(3)23-11)14-10-15(22-21-14)18(25)20-16(19(26)27)9-13-7-5-4-6-8-13/h4-8,10,16H,9H2,1-3H3,(H,20,25)(H,21,22)(H,26,27)/t16-/m1/s1. The molecule has 0 unspecified atom stereocenters. The summed E-state index contributed by atoms with van der Waals surface area (Å²) in [4.78, 5) is 24.0. The highest BCUT2D eigenvalue weighted by Crippen LogP contribution is 2.25. The molecule has 140 valence electrons. The van der Waals surface area contributed by atoms with E-state index in [9.17, 15) is 14.7 Å². The summed E-state index contributed by atoms with van der Waals surface area (Å²) in [6.07, 6.45) is 0.198. The van der Waals surface area contributed by atoms with Crippen molar-refractivity contribution in [2.75, 3.05) is 0 Å². The summed E-state index contributed by atoms with van der Waals surface area (Å²) < 4.78 is 1.75. The molecule has 0 bridgehead atoms. The zero-order chi connectivity index (χ0) is 19.6. The van der Waals surface area contributed by atoms with Gasteiger partial charge in [-0.3, -0.25) is 14.6 Å². The number of carbonyl (C=O) groups is 2. The molecule has 2 heterocycles. The van der Waals surface area contributed by atoms with Gasteiger partial charge in [-0.05, 0) is 25.5 Å². The van der Waals surface area contributed by atoms with Gasteiger partial charge in [-0.2, -0.15) is 10.2 Å². The lowest BCUT2D eigenvalue weighted by atomic mass is 10.1. The molecular formula is C19H21N5O3. The third-order valence-electron chi connectivity index (χ3n) is 4.47. The van der Waals surface area contributed by atoms with Gasteiger partial charge in [0.15, 0.2) is 0 Å². The monoisotopic (exact) mass is 367 g/mol. The van der Waals surface area contributed by atoms with E-state index in [0.717, 1.165) is 22.5 Å². The van der Waals surface area contributed by atoms with Crippen molar-refractivity contribution in [3.63, 3.8) is 0 Å². The van der Waals surface area contributed by atoms with Crippen molar-refractivity contribution in [2.24, 2.45) is 7.05 Å². The van der Waals surface area contributed by atoms with Crippen LogP contribution in [0.1, 0.15) is 27.4 Å². The summed E-state index contributed by atoms with van der Waals surface area (Å²) in [5, 5.41) is 23.2. The molecule has 0 aliphatic carbocycles. The third-order valence-corrected chi connectivity index (χ3v) is 4.47. The highest BCUT2D eigenvalue weighted by atomic mass is 16.4. The fourth-order valence-corrected chi connectivity index (χ4v) is 3.00. The van der Waals surface area contributed by atoms with Crippen LogP contribution in [0.25, 0.3) is 11.3 Å². The van der Waals surface area contributed by atoms with Crippen LogP contribution in [0.15, 0.2) is 36.4 Å². The van der Waals surface area contributed by atoms with Crippen LogP contribution >= 0.6 is 0 Å². The molecule has 1 aromatic carbocycles. The number of aliphatic carboxylic acids is 1. The van der Waals surface area contributed by atoms with Crippen molar-refractivity contribution in [2.45, 2.75) is 26.3 Å². The maximum atomic E-state index is 12.5. The van der Waals surface area contributed by atoms with Crippen LogP contribution in [0.4, 0.5) is 0 Å². The number of carbonyl (C=O) groups excluding carboxylic acids is 1. The van der Waals surface area contributed by atoms with Crippen molar-refractivity contribution in [3.8, 4) is 11.3 Å². The number of nitrogens with zero attached hydrogens (tertiary/aromatic N) is 3. The fourth-order valence-electron chi connectivity index (χ4n) is 3.00. The Hall–Kier alpha value is -3.42. The fraction of sp³-hybridized carbons (Fsp3) is 0.263. The van der Waals surface area contributed by atoms with Gasteiger partial charge in [0.25, 0.3) is 5.91 Å². The number of aromatic amines is 1. The van der Waals surface area contributed by atoms with Crippen LogP contribution in [0.5, 0.6) is 0 Å². The predicted molar refractivity (Wildman–Crippen MR) is 99.3 cm³/mol. The number of aromatic nitrogens is 4. The van der Waals surface area contributed by atoms with Crippen molar-refractivity contribution in [1.29, 1.82) is 0 Å². The smallest absolute Gasteiger partial charge is 0.326 e. The number of amides is 1. The van der Waals surface area contributed by atoms with Gasteiger partial charge in [0.05, 0.1) is 11.4 Å². The van der Waals surface area contributed by atoms with E-state index in [1.54, 1.807) is 10.7 Å². The first-order valence-corrected chi connectivity index (χ1v) is 8.50. The van der Waals surface area contributed by atoms with Gasteiger partial charge in [0.2, 0.25) is 0 Å². The maximum absolute atomic E-state index is 12.5. The maximum Gasteiger partial charge on any atom is 0.326 e. The lowest BCUT2D eigenvalue weighted by Gasteiger charge is -2.13. The minimum absolute atomic E-state index is 0.198. The van der Waals surface area contributed by atoms with Crippen LogP contribution in [0, 0.1) is 13.8 Å². The lowest BCUT2D eigenvalue weighted by molar-refractivity contribution is -0.139. The number of benzene rings is 1. The molecule has 3 aromatic rings. The molecule has 3 N–H and O–H groups in total. The van der Waals surface area contributed by atoms with Crippen LogP contribution in [-0.4, -0.2) is 43.0 Å². The highest BCUT2D eigenvalue weighted by molar-refractivity contribution is 5.96. The number of H-pyrrole nitrogens is 1. The molecule has 1 atom stereocenters. The third kappa shape index (κ3) is 3.89. The molecule has 1 amide bonds. The first kappa shape index (κ1) is 18.4. The molecule has 0 aliphatic heterocycles. The van der Waals surface area contributed by atoms with Gasteiger partial charge in [-0.1, -0.05) is 30.3 Å². The van der Waals surface area contributed by atoms with Crippen LogP contribution in [0.2, 0.25) is 0 Å². The summed E-state index contributed by atoms with van der Waals surface area (Å²) in [7, 11) is 1.84. The van der Waals surface area contributed by atoms with Gasteiger partial charge in [-0.15, -0.1) is 0 Å². The molecule has 0 spiro atoms. The Balaban J connectivity index is 1.77.